The Morgan fingerprint density at radius 3 is 2.56 bits per heavy atom. The van der Waals surface area contributed by atoms with Gasteiger partial charge < -0.3 is 9.72 Å². The van der Waals surface area contributed by atoms with Gasteiger partial charge in [-0.3, -0.25) is 4.79 Å². The average Bonchev–Trinajstić information content (AvgIpc) is 3.17. The van der Waals surface area contributed by atoms with Gasteiger partial charge in [-0.2, -0.15) is 0 Å². The Hall–Kier alpha value is -3.40. The average molecular weight is 426 g/mol. The fourth-order valence-corrected chi connectivity index (χ4v) is 4.05. The SMILES string of the molecule is CC[C@@H](C)NC(=O)CCc1c(-c2ccccc2)nc2ccc(-c3cc(C)ccc3C)cn12. The Labute approximate surface area is 190 Å². The molecule has 0 aliphatic rings. The number of pyridine rings is 1. The van der Waals surface area contributed by atoms with Gasteiger partial charge in [-0.05, 0) is 62.4 Å². The minimum atomic E-state index is 0.0824. The number of carbonyl (C=O) groups is 1. The topological polar surface area (TPSA) is 46.4 Å². The molecule has 1 atom stereocenters. The maximum atomic E-state index is 12.5. The number of aryl methyl sites for hydroxylation is 3. The first kappa shape index (κ1) is 21.8. The van der Waals surface area contributed by atoms with Crippen LogP contribution in [-0.4, -0.2) is 21.3 Å². The van der Waals surface area contributed by atoms with Gasteiger partial charge in [0.2, 0.25) is 5.91 Å². The third kappa shape index (κ3) is 4.59. The molecule has 4 nitrogen and oxygen atoms in total. The van der Waals surface area contributed by atoms with Crippen molar-refractivity contribution in [3.63, 3.8) is 0 Å². The van der Waals surface area contributed by atoms with Crippen LogP contribution in [0.25, 0.3) is 28.0 Å². The summed E-state index contributed by atoms with van der Waals surface area (Å²) < 4.78 is 2.16. The van der Waals surface area contributed by atoms with Gasteiger partial charge in [-0.1, -0.05) is 61.0 Å². The Balaban J connectivity index is 1.78. The van der Waals surface area contributed by atoms with Crippen LogP contribution in [0.5, 0.6) is 0 Å². The molecule has 4 heteroatoms. The molecular formula is C28H31N3O. The van der Waals surface area contributed by atoms with Crippen molar-refractivity contribution in [1.82, 2.24) is 14.7 Å². The Kier molecular flexibility index (Phi) is 6.40. The van der Waals surface area contributed by atoms with Crippen LogP contribution in [0.2, 0.25) is 0 Å². The monoisotopic (exact) mass is 425 g/mol. The van der Waals surface area contributed by atoms with E-state index >= 15 is 0 Å². The number of hydrogen-bond acceptors (Lipinski definition) is 2. The zero-order valence-corrected chi connectivity index (χ0v) is 19.4. The molecule has 164 valence electrons. The number of carbonyl (C=O) groups excluding carboxylic acids is 1. The van der Waals surface area contributed by atoms with Gasteiger partial charge in [0.15, 0.2) is 0 Å². The number of imidazole rings is 1. The summed E-state index contributed by atoms with van der Waals surface area (Å²) in [5.74, 6) is 0.0824. The van der Waals surface area contributed by atoms with Gasteiger partial charge >= 0.3 is 0 Å². The first-order valence-electron chi connectivity index (χ1n) is 11.4. The quantitative estimate of drug-likeness (QED) is 0.387. The molecule has 1 amide bonds. The molecule has 0 saturated heterocycles. The number of rotatable bonds is 7. The summed E-state index contributed by atoms with van der Waals surface area (Å²) in [6, 6.07) is 21.2. The van der Waals surface area contributed by atoms with Crippen molar-refractivity contribution in [2.45, 2.75) is 53.0 Å². The highest BCUT2D eigenvalue weighted by atomic mass is 16.1. The van der Waals surface area contributed by atoms with Gasteiger partial charge in [0.05, 0.1) is 11.4 Å². The second-order valence-electron chi connectivity index (χ2n) is 8.61. The first-order valence-corrected chi connectivity index (χ1v) is 11.4. The molecule has 32 heavy (non-hydrogen) atoms. The molecule has 0 aliphatic carbocycles. The number of benzene rings is 2. The fraction of sp³-hybridized carbons (Fsp3) is 0.286. The summed E-state index contributed by atoms with van der Waals surface area (Å²) in [4.78, 5) is 17.5. The number of amides is 1. The van der Waals surface area contributed by atoms with Gasteiger partial charge in [-0.25, -0.2) is 4.98 Å². The van der Waals surface area contributed by atoms with Crippen molar-refractivity contribution < 1.29 is 4.79 Å². The molecule has 0 unspecified atom stereocenters. The number of fused-ring (bicyclic) bond motifs is 1. The minimum absolute atomic E-state index is 0.0824. The van der Waals surface area contributed by atoms with Crippen LogP contribution in [0.1, 0.15) is 43.5 Å². The van der Waals surface area contributed by atoms with Gasteiger partial charge in [0, 0.05) is 24.2 Å². The number of nitrogens with zero attached hydrogens (tertiary/aromatic N) is 2. The zero-order valence-electron chi connectivity index (χ0n) is 19.4. The molecule has 2 aromatic heterocycles. The molecule has 0 fully saturated rings. The van der Waals surface area contributed by atoms with E-state index < -0.39 is 0 Å². The summed E-state index contributed by atoms with van der Waals surface area (Å²) in [7, 11) is 0. The van der Waals surface area contributed by atoms with Crippen molar-refractivity contribution in [1.29, 1.82) is 0 Å². The summed E-state index contributed by atoms with van der Waals surface area (Å²) in [5, 5.41) is 3.08. The van der Waals surface area contributed by atoms with Crippen molar-refractivity contribution in [2.24, 2.45) is 0 Å². The first-order chi connectivity index (χ1) is 15.5. The molecule has 0 saturated carbocycles. The van der Waals surface area contributed by atoms with Crippen molar-refractivity contribution in [3.8, 4) is 22.4 Å². The summed E-state index contributed by atoms with van der Waals surface area (Å²) in [5.41, 5.74) is 8.84. The number of nitrogens with one attached hydrogen (secondary N) is 1. The maximum Gasteiger partial charge on any atom is 0.220 e. The van der Waals surface area contributed by atoms with Crippen LogP contribution in [0.15, 0.2) is 66.9 Å². The second kappa shape index (κ2) is 9.39. The standard InChI is InChI=1S/C28H31N3O/c1-5-21(4)29-27(32)16-14-25-28(22-9-7-6-8-10-22)30-26-15-13-23(18-31(25)26)24-17-19(2)11-12-20(24)3/h6-13,15,17-18,21H,5,14,16H2,1-4H3,(H,29,32)/t21-/m1/s1. The highest BCUT2D eigenvalue weighted by Crippen LogP contribution is 2.29. The molecule has 0 spiro atoms. The van der Waals surface area contributed by atoms with Crippen molar-refractivity contribution >= 4 is 11.6 Å². The van der Waals surface area contributed by atoms with E-state index in [4.69, 9.17) is 4.98 Å². The Morgan fingerprint density at radius 1 is 1.03 bits per heavy atom. The lowest BCUT2D eigenvalue weighted by Gasteiger charge is -2.12. The highest BCUT2D eigenvalue weighted by molar-refractivity contribution is 5.77. The summed E-state index contributed by atoms with van der Waals surface area (Å²) in [6.07, 6.45) is 4.16. The Morgan fingerprint density at radius 2 is 1.81 bits per heavy atom. The number of aromatic nitrogens is 2. The van der Waals surface area contributed by atoms with Gasteiger partial charge in [0.1, 0.15) is 5.65 Å². The third-order valence-corrected chi connectivity index (χ3v) is 6.08. The molecule has 0 bridgehead atoms. The highest BCUT2D eigenvalue weighted by Gasteiger charge is 2.17. The van der Waals surface area contributed by atoms with E-state index in [0.29, 0.717) is 12.8 Å². The lowest BCUT2D eigenvalue weighted by Crippen LogP contribution is -2.32. The zero-order chi connectivity index (χ0) is 22.7. The second-order valence-corrected chi connectivity index (χ2v) is 8.61. The van der Waals surface area contributed by atoms with Crippen LogP contribution in [0.4, 0.5) is 0 Å². The smallest absolute Gasteiger partial charge is 0.220 e. The molecule has 1 N–H and O–H groups in total. The molecular weight excluding hydrogens is 394 g/mol. The minimum Gasteiger partial charge on any atom is -0.354 e. The molecule has 4 aromatic rings. The number of hydrogen-bond donors (Lipinski definition) is 1. The van der Waals surface area contributed by atoms with E-state index in [-0.39, 0.29) is 11.9 Å². The van der Waals surface area contributed by atoms with E-state index in [1.54, 1.807) is 0 Å². The Bertz CT molecular complexity index is 1240. The van der Waals surface area contributed by atoms with E-state index in [0.717, 1.165) is 34.6 Å². The lowest BCUT2D eigenvalue weighted by molar-refractivity contribution is -0.121. The molecule has 2 aromatic carbocycles. The fourth-order valence-electron chi connectivity index (χ4n) is 4.05. The lowest BCUT2D eigenvalue weighted by atomic mass is 10.00. The normalized spacial score (nSPS) is 12.1. The predicted molar refractivity (Wildman–Crippen MR) is 132 cm³/mol. The van der Waals surface area contributed by atoms with Crippen LogP contribution < -0.4 is 5.32 Å². The van der Waals surface area contributed by atoms with Crippen LogP contribution in [-0.2, 0) is 11.2 Å². The van der Waals surface area contributed by atoms with Crippen molar-refractivity contribution in [2.75, 3.05) is 0 Å². The molecule has 2 heterocycles. The molecule has 0 radical (unpaired) electrons. The largest absolute Gasteiger partial charge is 0.354 e. The predicted octanol–water partition coefficient (Wildman–Crippen LogP) is 6.13. The van der Waals surface area contributed by atoms with Gasteiger partial charge in [-0.15, -0.1) is 0 Å². The maximum absolute atomic E-state index is 12.5. The van der Waals surface area contributed by atoms with E-state index in [1.807, 2.05) is 25.1 Å². The van der Waals surface area contributed by atoms with Crippen LogP contribution >= 0.6 is 0 Å². The third-order valence-electron chi connectivity index (χ3n) is 6.08. The summed E-state index contributed by atoms with van der Waals surface area (Å²) >= 11 is 0. The summed E-state index contributed by atoms with van der Waals surface area (Å²) in [6.45, 7) is 8.38. The van der Waals surface area contributed by atoms with E-state index in [2.05, 4.69) is 79.2 Å². The molecule has 4 rings (SSSR count). The molecule has 0 aliphatic heterocycles. The van der Waals surface area contributed by atoms with E-state index in [9.17, 15) is 4.79 Å². The van der Waals surface area contributed by atoms with E-state index in [1.165, 1.54) is 16.7 Å². The van der Waals surface area contributed by atoms with Crippen LogP contribution in [0, 0.1) is 13.8 Å². The van der Waals surface area contributed by atoms with Crippen molar-refractivity contribution in [3.05, 3.63) is 83.7 Å². The van der Waals surface area contributed by atoms with Gasteiger partial charge in [0.25, 0.3) is 0 Å². The van der Waals surface area contributed by atoms with Crippen LogP contribution in [0.3, 0.4) is 0 Å².